The van der Waals surface area contributed by atoms with E-state index in [4.69, 9.17) is 15.9 Å². The molecule has 0 heterocycles. The first kappa shape index (κ1) is 11.5. The summed E-state index contributed by atoms with van der Waals surface area (Å²) >= 11 is 3.15. The lowest BCUT2D eigenvalue weighted by Gasteiger charge is -2.00. The van der Waals surface area contributed by atoms with Crippen molar-refractivity contribution in [2.24, 2.45) is 0 Å². The molecule has 0 aliphatic heterocycles. The summed E-state index contributed by atoms with van der Waals surface area (Å²) in [7, 11) is 1.54. The molecule has 74 valence electrons. The van der Waals surface area contributed by atoms with Crippen molar-refractivity contribution >= 4 is 35.7 Å². The summed E-state index contributed by atoms with van der Waals surface area (Å²) in [6.07, 6.45) is 0. The van der Waals surface area contributed by atoms with E-state index in [0.717, 1.165) is 0 Å². The molecule has 0 radical (unpaired) electrons. The van der Waals surface area contributed by atoms with Crippen LogP contribution in [0.2, 0.25) is 0 Å². The average molecular weight is 295 g/mol. The molecule has 3 nitrogen and oxygen atoms in total. The lowest BCUT2D eigenvalue weighted by Crippen LogP contribution is -1.95. The highest BCUT2D eigenvalue weighted by atomic mass is 79.9. The van der Waals surface area contributed by atoms with Crippen molar-refractivity contribution < 1.29 is 8.42 Å². The summed E-state index contributed by atoms with van der Waals surface area (Å²) in [4.78, 5) is 0. The standard InChI is InChI=1S/C8H5BrClNO2S/c9-8-3-6(5-14(10,12)13)1-2-7(8)4-11/h1-3H,5H2. The SMILES string of the molecule is N#Cc1ccc(CS(=O)(=O)Cl)cc1Br. The second-order valence-electron chi connectivity index (χ2n) is 2.61. The van der Waals surface area contributed by atoms with Gasteiger partial charge in [-0.3, -0.25) is 0 Å². The first-order valence-electron chi connectivity index (χ1n) is 3.53. The van der Waals surface area contributed by atoms with Gasteiger partial charge in [0.1, 0.15) is 6.07 Å². The Balaban J connectivity index is 3.06. The zero-order chi connectivity index (χ0) is 10.8. The van der Waals surface area contributed by atoms with Crippen LogP contribution in [-0.4, -0.2) is 8.42 Å². The third kappa shape index (κ3) is 3.29. The minimum Gasteiger partial charge on any atom is -0.212 e. The van der Waals surface area contributed by atoms with Crippen molar-refractivity contribution in [1.29, 1.82) is 5.26 Å². The van der Waals surface area contributed by atoms with E-state index in [1.54, 1.807) is 18.2 Å². The molecule has 0 aliphatic carbocycles. The molecular formula is C8H5BrClNO2S. The van der Waals surface area contributed by atoms with Gasteiger partial charge in [-0.15, -0.1) is 0 Å². The first-order valence-corrected chi connectivity index (χ1v) is 6.80. The second-order valence-corrected chi connectivity index (χ2v) is 6.24. The van der Waals surface area contributed by atoms with Gasteiger partial charge >= 0.3 is 0 Å². The Hall–Kier alpha value is -0.570. The number of nitriles is 1. The lowest BCUT2D eigenvalue weighted by atomic mass is 10.2. The Morgan fingerprint density at radius 2 is 2.14 bits per heavy atom. The third-order valence-electron chi connectivity index (χ3n) is 1.49. The van der Waals surface area contributed by atoms with Crippen LogP contribution in [0, 0.1) is 11.3 Å². The molecule has 6 heteroatoms. The van der Waals surface area contributed by atoms with Crippen LogP contribution in [0.3, 0.4) is 0 Å². The summed E-state index contributed by atoms with van der Waals surface area (Å²) < 4.78 is 22.1. The molecule has 14 heavy (non-hydrogen) atoms. The number of benzene rings is 1. The smallest absolute Gasteiger partial charge is 0.212 e. The van der Waals surface area contributed by atoms with Crippen LogP contribution in [0.5, 0.6) is 0 Å². The molecule has 0 spiro atoms. The molecule has 0 bridgehead atoms. The molecule has 1 aromatic carbocycles. The van der Waals surface area contributed by atoms with E-state index in [-0.39, 0.29) is 5.75 Å². The fourth-order valence-corrected chi connectivity index (χ4v) is 2.41. The van der Waals surface area contributed by atoms with E-state index in [0.29, 0.717) is 15.6 Å². The molecule has 0 atom stereocenters. The van der Waals surface area contributed by atoms with E-state index in [1.165, 1.54) is 0 Å². The van der Waals surface area contributed by atoms with E-state index in [1.807, 2.05) is 6.07 Å². The fraction of sp³-hybridized carbons (Fsp3) is 0.125. The molecule has 0 N–H and O–H groups in total. The van der Waals surface area contributed by atoms with Crippen molar-refractivity contribution in [2.45, 2.75) is 5.75 Å². The van der Waals surface area contributed by atoms with Crippen LogP contribution < -0.4 is 0 Å². The van der Waals surface area contributed by atoms with E-state index >= 15 is 0 Å². The summed E-state index contributed by atoms with van der Waals surface area (Å²) in [5.74, 6) is -0.237. The maximum absolute atomic E-state index is 10.8. The number of hydrogen-bond donors (Lipinski definition) is 0. The van der Waals surface area contributed by atoms with Crippen molar-refractivity contribution in [1.82, 2.24) is 0 Å². The van der Waals surface area contributed by atoms with Gasteiger partial charge in [0, 0.05) is 15.2 Å². The summed E-state index contributed by atoms with van der Waals surface area (Å²) in [5, 5.41) is 8.62. The van der Waals surface area contributed by atoms with Gasteiger partial charge < -0.3 is 0 Å². The molecule has 0 saturated carbocycles. The van der Waals surface area contributed by atoms with Gasteiger partial charge in [-0.05, 0) is 33.6 Å². The molecule has 0 aliphatic rings. The molecular weight excluding hydrogens is 290 g/mol. The van der Waals surface area contributed by atoms with E-state index < -0.39 is 9.05 Å². The summed E-state index contributed by atoms with van der Waals surface area (Å²) in [6.45, 7) is 0. The Morgan fingerprint density at radius 1 is 1.50 bits per heavy atom. The van der Waals surface area contributed by atoms with Crippen molar-refractivity contribution in [3.8, 4) is 6.07 Å². The molecule has 0 fully saturated rings. The van der Waals surface area contributed by atoms with E-state index in [2.05, 4.69) is 15.9 Å². The van der Waals surface area contributed by atoms with Crippen molar-refractivity contribution in [2.75, 3.05) is 0 Å². The van der Waals surface area contributed by atoms with Crippen LogP contribution in [-0.2, 0) is 14.8 Å². The molecule has 1 rings (SSSR count). The zero-order valence-corrected chi connectivity index (χ0v) is 10.0. The second kappa shape index (κ2) is 4.30. The van der Waals surface area contributed by atoms with Crippen LogP contribution in [0.15, 0.2) is 22.7 Å². The number of nitrogens with zero attached hydrogens (tertiary/aromatic N) is 1. The number of hydrogen-bond acceptors (Lipinski definition) is 3. The Kier molecular flexibility index (Phi) is 3.53. The maximum Gasteiger partial charge on any atom is 0.236 e. The van der Waals surface area contributed by atoms with Gasteiger partial charge in [0.25, 0.3) is 0 Å². The topological polar surface area (TPSA) is 57.9 Å². The highest BCUT2D eigenvalue weighted by Gasteiger charge is 2.08. The summed E-state index contributed by atoms with van der Waals surface area (Å²) in [5.41, 5.74) is 1.01. The van der Waals surface area contributed by atoms with Gasteiger partial charge in [0.05, 0.1) is 11.3 Å². The van der Waals surface area contributed by atoms with Gasteiger partial charge in [-0.2, -0.15) is 5.26 Å². The molecule has 1 aromatic rings. The van der Waals surface area contributed by atoms with Crippen LogP contribution in [0.1, 0.15) is 11.1 Å². The quantitative estimate of drug-likeness (QED) is 0.787. The van der Waals surface area contributed by atoms with Gasteiger partial charge in [0.2, 0.25) is 9.05 Å². The fourth-order valence-electron chi connectivity index (χ4n) is 0.938. The largest absolute Gasteiger partial charge is 0.236 e. The van der Waals surface area contributed by atoms with E-state index in [9.17, 15) is 8.42 Å². The molecule has 0 aromatic heterocycles. The van der Waals surface area contributed by atoms with Gasteiger partial charge in [0.15, 0.2) is 0 Å². The average Bonchev–Trinajstić information content (AvgIpc) is 2.01. The number of rotatable bonds is 2. The highest BCUT2D eigenvalue weighted by Crippen LogP contribution is 2.19. The van der Waals surface area contributed by atoms with Crippen molar-refractivity contribution in [3.05, 3.63) is 33.8 Å². The first-order chi connectivity index (χ1) is 6.42. The molecule has 0 saturated heterocycles. The van der Waals surface area contributed by atoms with Gasteiger partial charge in [-0.1, -0.05) is 6.07 Å². The van der Waals surface area contributed by atoms with Gasteiger partial charge in [-0.25, -0.2) is 8.42 Å². The Labute approximate surface area is 94.9 Å². The van der Waals surface area contributed by atoms with Crippen LogP contribution >= 0.6 is 26.6 Å². The predicted octanol–water partition coefficient (Wildman–Crippen LogP) is 2.39. The number of halogens is 2. The highest BCUT2D eigenvalue weighted by molar-refractivity contribution is 9.10. The Morgan fingerprint density at radius 3 is 2.57 bits per heavy atom. The van der Waals surface area contributed by atoms with Crippen molar-refractivity contribution in [3.63, 3.8) is 0 Å². The zero-order valence-electron chi connectivity index (χ0n) is 6.87. The summed E-state index contributed by atoms with van der Waals surface area (Å²) in [6, 6.07) is 6.63. The predicted molar refractivity (Wildman–Crippen MR) is 57.3 cm³/mol. The Bertz CT molecular complexity index is 493. The minimum absolute atomic E-state index is 0.237. The van der Waals surface area contributed by atoms with Crippen LogP contribution in [0.4, 0.5) is 0 Å². The van der Waals surface area contributed by atoms with Crippen LogP contribution in [0.25, 0.3) is 0 Å². The molecule has 0 amide bonds. The minimum atomic E-state index is -3.55. The molecule has 0 unspecified atom stereocenters. The monoisotopic (exact) mass is 293 g/mol. The third-order valence-corrected chi connectivity index (χ3v) is 3.15. The maximum atomic E-state index is 10.8. The normalized spacial score (nSPS) is 10.9. The lowest BCUT2D eigenvalue weighted by molar-refractivity contribution is 0.609.